The van der Waals surface area contributed by atoms with Gasteiger partial charge in [-0.15, -0.1) is 0 Å². The SMILES string of the molecule is O=C(Nc1cc(F)c(F)c(F)c1)c1ccc(Cl)c(S(=O)(=O)[C@H]2CC3CC[C@@H](C2)[C@]3(O)CO)c1. The van der Waals surface area contributed by atoms with Crippen LogP contribution in [0.25, 0.3) is 0 Å². The molecule has 1 unspecified atom stereocenters. The number of hydrogen-bond acceptors (Lipinski definition) is 5. The Morgan fingerprint density at radius 1 is 1.09 bits per heavy atom. The van der Waals surface area contributed by atoms with E-state index < -0.39 is 50.7 Å². The Balaban J connectivity index is 1.60. The highest BCUT2D eigenvalue weighted by atomic mass is 35.5. The first kappa shape index (κ1) is 24.0. The third-order valence-electron chi connectivity index (χ3n) is 6.81. The van der Waals surface area contributed by atoms with Crippen molar-refractivity contribution in [1.82, 2.24) is 0 Å². The largest absolute Gasteiger partial charge is 0.393 e. The van der Waals surface area contributed by atoms with Crippen molar-refractivity contribution in [3.8, 4) is 0 Å². The van der Waals surface area contributed by atoms with Gasteiger partial charge in [0.2, 0.25) is 0 Å². The summed E-state index contributed by atoms with van der Waals surface area (Å²) in [6, 6.07) is 4.77. The van der Waals surface area contributed by atoms with Gasteiger partial charge < -0.3 is 15.5 Å². The number of benzene rings is 2. The van der Waals surface area contributed by atoms with Crippen molar-refractivity contribution in [3.63, 3.8) is 0 Å². The Morgan fingerprint density at radius 2 is 1.67 bits per heavy atom. The number of halogens is 4. The predicted molar refractivity (Wildman–Crippen MR) is 114 cm³/mol. The lowest BCUT2D eigenvalue weighted by atomic mass is 9.75. The van der Waals surface area contributed by atoms with Crippen molar-refractivity contribution in [2.45, 2.75) is 41.4 Å². The van der Waals surface area contributed by atoms with Crippen molar-refractivity contribution in [1.29, 1.82) is 0 Å². The average molecular weight is 504 g/mol. The number of amides is 1. The summed E-state index contributed by atoms with van der Waals surface area (Å²) in [5, 5.41) is 21.6. The van der Waals surface area contributed by atoms with Crippen molar-refractivity contribution < 1.29 is 36.6 Å². The van der Waals surface area contributed by atoms with Crippen LogP contribution in [0.2, 0.25) is 5.02 Å². The molecular formula is C22H21ClF3NO5S. The molecule has 0 heterocycles. The van der Waals surface area contributed by atoms with Crippen molar-refractivity contribution in [2.24, 2.45) is 11.8 Å². The lowest BCUT2D eigenvalue weighted by Gasteiger charge is -2.41. The molecule has 3 N–H and O–H groups in total. The van der Waals surface area contributed by atoms with E-state index in [9.17, 15) is 36.6 Å². The van der Waals surface area contributed by atoms with Crippen LogP contribution in [0, 0.1) is 29.3 Å². The highest BCUT2D eigenvalue weighted by molar-refractivity contribution is 7.92. The van der Waals surface area contributed by atoms with Gasteiger partial charge in [-0.3, -0.25) is 4.79 Å². The molecule has 6 nitrogen and oxygen atoms in total. The maximum Gasteiger partial charge on any atom is 0.255 e. The fourth-order valence-corrected chi connectivity index (χ4v) is 7.40. The number of hydrogen-bond donors (Lipinski definition) is 3. The van der Waals surface area contributed by atoms with Crippen molar-refractivity contribution in [3.05, 3.63) is 58.4 Å². The summed E-state index contributed by atoms with van der Waals surface area (Å²) in [7, 11) is -4.00. The summed E-state index contributed by atoms with van der Waals surface area (Å²) in [5.74, 6) is -6.25. The lowest BCUT2D eigenvalue weighted by molar-refractivity contribution is -0.0943. The van der Waals surface area contributed by atoms with E-state index in [0.717, 1.165) is 6.07 Å². The standard InChI is InChI=1S/C22H21ClF3NO5S/c23-16-4-1-11(21(29)27-14-8-17(24)20(26)18(25)9-14)5-19(16)33(31,32)15-6-12-2-3-13(7-15)22(12,30)10-28/h1,4-5,8-9,12-13,15,28,30H,2-3,6-7,10H2,(H,27,29)/t12-,13?,15+,22+/m0/s1. The minimum atomic E-state index is -4.00. The van der Waals surface area contributed by atoms with Crippen LogP contribution in [0.15, 0.2) is 35.2 Å². The van der Waals surface area contributed by atoms with E-state index in [-0.39, 0.29) is 45.8 Å². The van der Waals surface area contributed by atoms with Crippen LogP contribution in [0.5, 0.6) is 0 Å². The van der Waals surface area contributed by atoms with Gasteiger partial charge in [-0.25, -0.2) is 21.6 Å². The van der Waals surface area contributed by atoms with Gasteiger partial charge in [0.1, 0.15) is 0 Å². The van der Waals surface area contributed by atoms with E-state index in [0.29, 0.717) is 25.0 Å². The molecule has 2 aliphatic carbocycles. The third kappa shape index (κ3) is 4.14. The minimum Gasteiger partial charge on any atom is -0.393 e. The maximum absolute atomic E-state index is 13.4. The second kappa shape index (κ2) is 8.57. The summed E-state index contributed by atoms with van der Waals surface area (Å²) in [5.41, 5.74) is -1.77. The monoisotopic (exact) mass is 503 g/mol. The number of nitrogens with one attached hydrogen (secondary N) is 1. The lowest BCUT2D eigenvalue weighted by Crippen LogP contribution is -2.50. The molecule has 33 heavy (non-hydrogen) atoms. The van der Waals surface area contributed by atoms with Crippen LogP contribution in [0.3, 0.4) is 0 Å². The Hall–Kier alpha value is -2.14. The topological polar surface area (TPSA) is 104 Å². The first-order valence-electron chi connectivity index (χ1n) is 10.3. The molecule has 0 saturated heterocycles. The van der Waals surface area contributed by atoms with E-state index >= 15 is 0 Å². The zero-order valence-corrected chi connectivity index (χ0v) is 18.8. The molecule has 1 amide bonds. The van der Waals surface area contributed by atoms with Gasteiger partial charge in [-0.2, -0.15) is 0 Å². The van der Waals surface area contributed by atoms with Crippen LogP contribution >= 0.6 is 11.6 Å². The Morgan fingerprint density at radius 3 is 2.21 bits per heavy atom. The molecule has 2 saturated carbocycles. The predicted octanol–water partition coefficient (Wildman–Crippen LogP) is 3.70. The number of carbonyl (C=O) groups excluding carboxylic acids is 1. The van der Waals surface area contributed by atoms with E-state index in [1.54, 1.807) is 0 Å². The number of sulfone groups is 1. The second-order valence-electron chi connectivity index (χ2n) is 8.61. The Kier molecular flexibility index (Phi) is 6.24. The Labute approximate surface area is 193 Å². The minimum absolute atomic E-state index is 0.0965. The molecule has 0 aromatic heterocycles. The number of aliphatic hydroxyl groups excluding tert-OH is 1. The van der Waals surface area contributed by atoms with Gasteiger partial charge in [0.05, 0.1) is 27.4 Å². The van der Waals surface area contributed by atoms with Gasteiger partial charge in [0.15, 0.2) is 27.3 Å². The molecule has 2 bridgehead atoms. The highest BCUT2D eigenvalue weighted by Gasteiger charge is 2.55. The normalized spacial score (nSPS) is 26.9. The van der Waals surface area contributed by atoms with Crippen molar-refractivity contribution >= 4 is 33.0 Å². The molecule has 11 heteroatoms. The smallest absolute Gasteiger partial charge is 0.255 e. The van der Waals surface area contributed by atoms with E-state index in [4.69, 9.17) is 11.6 Å². The van der Waals surface area contributed by atoms with Gasteiger partial charge in [0.25, 0.3) is 5.91 Å². The first-order valence-corrected chi connectivity index (χ1v) is 12.2. The number of rotatable bonds is 5. The number of fused-ring (bicyclic) bond motifs is 2. The third-order valence-corrected chi connectivity index (χ3v) is 9.46. The fraction of sp³-hybridized carbons (Fsp3) is 0.409. The zero-order chi connectivity index (χ0) is 24.1. The van der Waals surface area contributed by atoms with Crippen molar-refractivity contribution in [2.75, 3.05) is 11.9 Å². The van der Waals surface area contributed by atoms with E-state index in [2.05, 4.69) is 5.32 Å². The number of anilines is 1. The summed E-state index contributed by atoms with van der Waals surface area (Å²) < 4.78 is 66.8. The molecule has 4 rings (SSSR count). The molecule has 0 radical (unpaired) electrons. The molecule has 2 aliphatic rings. The molecule has 2 fully saturated rings. The van der Waals surface area contributed by atoms with E-state index in [1.807, 2.05) is 0 Å². The second-order valence-corrected chi connectivity index (χ2v) is 11.2. The van der Waals surface area contributed by atoms with Crippen LogP contribution in [-0.4, -0.2) is 42.0 Å². The summed E-state index contributed by atoms with van der Waals surface area (Å²) in [6.07, 6.45) is 1.51. The highest BCUT2D eigenvalue weighted by Crippen LogP contribution is 2.51. The fourth-order valence-electron chi connectivity index (χ4n) is 5.00. The van der Waals surface area contributed by atoms with Crippen LogP contribution in [0.4, 0.5) is 18.9 Å². The summed E-state index contributed by atoms with van der Waals surface area (Å²) in [4.78, 5) is 12.3. The summed E-state index contributed by atoms with van der Waals surface area (Å²) in [6.45, 7) is -0.434. The van der Waals surface area contributed by atoms with Gasteiger partial charge in [-0.05, 0) is 55.7 Å². The molecule has 0 aliphatic heterocycles. The zero-order valence-electron chi connectivity index (χ0n) is 17.2. The van der Waals surface area contributed by atoms with Gasteiger partial charge in [-0.1, -0.05) is 11.6 Å². The van der Waals surface area contributed by atoms with Crippen LogP contribution in [0.1, 0.15) is 36.0 Å². The molecule has 2 aromatic rings. The van der Waals surface area contributed by atoms with Gasteiger partial charge in [0, 0.05) is 23.4 Å². The van der Waals surface area contributed by atoms with Crippen LogP contribution < -0.4 is 5.32 Å². The summed E-state index contributed by atoms with van der Waals surface area (Å²) >= 11 is 6.15. The average Bonchev–Trinajstić information content (AvgIpc) is 2.93. The number of carbonyl (C=O) groups is 1. The number of aliphatic hydroxyl groups is 2. The molecule has 2 aromatic carbocycles. The first-order chi connectivity index (χ1) is 15.5. The molecule has 178 valence electrons. The quantitative estimate of drug-likeness (QED) is 0.540. The Bertz CT molecular complexity index is 1190. The van der Waals surface area contributed by atoms with Crippen LogP contribution in [-0.2, 0) is 9.84 Å². The van der Waals surface area contributed by atoms with Gasteiger partial charge >= 0.3 is 0 Å². The molecule has 0 spiro atoms. The maximum atomic E-state index is 13.4. The molecular weight excluding hydrogens is 483 g/mol. The molecule has 4 atom stereocenters. The van der Waals surface area contributed by atoms with E-state index in [1.165, 1.54) is 12.1 Å².